The molecule has 1 aliphatic heterocycles. The standard InChI is InChI=1S/C23H27FN4OS/c1-17-4-3-5-23-22(17)15-27(30(2)29)14-21(28(23)13-20-12-25-16-26-20)11-8-18-6-9-19(24)10-7-18/h3-7,9-10,12,16,21H,8,11,13-15H2,1-2H3,(H,25,26). The fourth-order valence-electron chi connectivity index (χ4n) is 4.13. The highest BCUT2D eigenvalue weighted by Gasteiger charge is 2.30. The SMILES string of the molecule is Cc1cccc2c1CN(S(C)=O)CC(CCc1ccc(F)cc1)N2Cc1cnc[nH]1. The topological polar surface area (TPSA) is 52.2 Å². The van der Waals surface area contributed by atoms with Gasteiger partial charge < -0.3 is 9.88 Å². The summed E-state index contributed by atoms with van der Waals surface area (Å²) in [5, 5.41) is 0. The Morgan fingerprint density at radius 3 is 2.73 bits per heavy atom. The Morgan fingerprint density at radius 2 is 2.03 bits per heavy atom. The Morgan fingerprint density at radius 1 is 1.23 bits per heavy atom. The summed E-state index contributed by atoms with van der Waals surface area (Å²) in [6, 6.07) is 13.2. The number of nitrogens with zero attached hydrogens (tertiary/aromatic N) is 3. The second-order valence-corrected chi connectivity index (χ2v) is 9.21. The van der Waals surface area contributed by atoms with Crippen molar-refractivity contribution in [2.75, 3.05) is 17.7 Å². The summed E-state index contributed by atoms with van der Waals surface area (Å²) < 4.78 is 27.9. The predicted molar refractivity (Wildman–Crippen MR) is 119 cm³/mol. The lowest BCUT2D eigenvalue weighted by Crippen LogP contribution is -2.42. The van der Waals surface area contributed by atoms with Gasteiger partial charge in [0.25, 0.3) is 0 Å². The fourth-order valence-corrected chi connectivity index (χ4v) is 4.82. The van der Waals surface area contributed by atoms with Crippen molar-refractivity contribution in [1.29, 1.82) is 0 Å². The molecule has 0 saturated heterocycles. The second kappa shape index (κ2) is 9.10. The van der Waals surface area contributed by atoms with Crippen molar-refractivity contribution in [2.45, 2.75) is 38.9 Å². The van der Waals surface area contributed by atoms with Crippen LogP contribution in [0.15, 0.2) is 55.0 Å². The maximum atomic E-state index is 13.3. The van der Waals surface area contributed by atoms with Crippen molar-refractivity contribution in [2.24, 2.45) is 0 Å². The molecule has 158 valence electrons. The normalized spacial score (nSPS) is 18.1. The number of H-pyrrole nitrogens is 1. The molecule has 2 aromatic carbocycles. The van der Waals surface area contributed by atoms with Gasteiger partial charge >= 0.3 is 0 Å². The zero-order valence-corrected chi connectivity index (χ0v) is 18.2. The molecule has 2 atom stereocenters. The fraction of sp³-hybridized carbons (Fsp3) is 0.348. The molecule has 2 unspecified atom stereocenters. The highest BCUT2D eigenvalue weighted by molar-refractivity contribution is 7.81. The number of rotatable bonds is 6. The van der Waals surface area contributed by atoms with Crippen LogP contribution in [0.1, 0.15) is 28.8 Å². The molecule has 1 N–H and O–H groups in total. The average molecular weight is 427 g/mol. The molecule has 0 bridgehead atoms. The number of benzene rings is 2. The maximum absolute atomic E-state index is 13.3. The summed E-state index contributed by atoms with van der Waals surface area (Å²) in [5.41, 5.74) is 5.76. The van der Waals surface area contributed by atoms with Gasteiger partial charge in [0, 0.05) is 37.3 Å². The van der Waals surface area contributed by atoms with E-state index in [1.165, 1.54) is 28.9 Å². The highest BCUT2D eigenvalue weighted by atomic mass is 32.2. The van der Waals surface area contributed by atoms with Gasteiger partial charge in [-0.2, -0.15) is 0 Å². The third-order valence-corrected chi connectivity index (χ3v) is 6.83. The molecule has 7 heteroatoms. The van der Waals surface area contributed by atoms with Crippen LogP contribution >= 0.6 is 0 Å². The van der Waals surface area contributed by atoms with Crippen molar-refractivity contribution < 1.29 is 8.60 Å². The summed E-state index contributed by atoms with van der Waals surface area (Å²) in [4.78, 5) is 9.80. The zero-order valence-electron chi connectivity index (χ0n) is 17.3. The number of aryl methyl sites for hydroxylation is 2. The minimum atomic E-state index is -1.07. The van der Waals surface area contributed by atoms with E-state index >= 15 is 0 Å². The van der Waals surface area contributed by atoms with E-state index in [0.29, 0.717) is 19.6 Å². The Hall–Kier alpha value is -2.51. The second-order valence-electron chi connectivity index (χ2n) is 7.84. The molecular formula is C23H27FN4OS. The smallest absolute Gasteiger partial charge is 0.123 e. The number of aromatic nitrogens is 2. The minimum absolute atomic E-state index is 0.158. The summed E-state index contributed by atoms with van der Waals surface area (Å²) in [6.45, 7) is 4.18. The van der Waals surface area contributed by atoms with E-state index in [1.807, 2.05) is 22.6 Å². The molecule has 1 aromatic heterocycles. The Kier molecular flexibility index (Phi) is 6.29. The van der Waals surface area contributed by atoms with Crippen LogP contribution < -0.4 is 4.90 Å². The van der Waals surface area contributed by atoms with Gasteiger partial charge in [-0.05, 0) is 54.7 Å². The van der Waals surface area contributed by atoms with Gasteiger partial charge in [-0.25, -0.2) is 17.9 Å². The van der Waals surface area contributed by atoms with E-state index in [9.17, 15) is 8.60 Å². The first-order valence-corrected chi connectivity index (χ1v) is 11.7. The van der Waals surface area contributed by atoms with E-state index < -0.39 is 11.0 Å². The average Bonchev–Trinajstić information content (AvgIpc) is 3.18. The van der Waals surface area contributed by atoms with Gasteiger partial charge in [-0.3, -0.25) is 0 Å². The van der Waals surface area contributed by atoms with Gasteiger partial charge in [0.05, 0.1) is 29.6 Å². The number of hydrogen-bond donors (Lipinski definition) is 1. The molecule has 0 fully saturated rings. The van der Waals surface area contributed by atoms with Crippen molar-refractivity contribution in [3.63, 3.8) is 0 Å². The van der Waals surface area contributed by atoms with Crippen LogP contribution in [0.3, 0.4) is 0 Å². The first-order chi connectivity index (χ1) is 14.5. The summed E-state index contributed by atoms with van der Waals surface area (Å²) in [7, 11) is -1.07. The number of halogens is 1. The molecule has 0 radical (unpaired) electrons. The third-order valence-electron chi connectivity index (χ3n) is 5.82. The monoisotopic (exact) mass is 426 g/mol. The highest BCUT2D eigenvalue weighted by Crippen LogP contribution is 2.33. The van der Waals surface area contributed by atoms with Crippen LogP contribution in [0, 0.1) is 12.7 Å². The van der Waals surface area contributed by atoms with Crippen LogP contribution in [-0.4, -0.2) is 37.3 Å². The van der Waals surface area contributed by atoms with Crippen LogP contribution in [0.25, 0.3) is 0 Å². The molecule has 0 spiro atoms. The first-order valence-electron chi connectivity index (χ1n) is 10.2. The van der Waals surface area contributed by atoms with Crippen LogP contribution in [-0.2, 0) is 30.5 Å². The predicted octanol–water partition coefficient (Wildman–Crippen LogP) is 3.97. The van der Waals surface area contributed by atoms with Crippen LogP contribution in [0.5, 0.6) is 0 Å². The summed E-state index contributed by atoms with van der Waals surface area (Å²) in [6.07, 6.45) is 7.01. The quantitative estimate of drug-likeness (QED) is 0.649. The molecule has 4 rings (SSSR count). The molecule has 0 aliphatic carbocycles. The Balaban J connectivity index is 1.69. The van der Waals surface area contributed by atoms with Gasteiger partial charge in [0.1, 0.15) is 5.82 Å². The molecule has 2 heterocycles. The van der Waals surface area contributed by atoms with Crippen molar-refractivity contribution in [3.05, 3.63) is 83.2 Å². The third kappa shape index (κ3) is 4.63. The number of aromatic amines is 1. The lowest BCUT2D eigenvalue weighted by Gasteiger charge is -2.34. The van der Waals surface area contributed by atoms with E-state index in [0.717, 1.165) is 24.1 Å². The van der Waals surface area contributed by atoms with Gasteiger partial charge in [0.15, 0.2) is 0 Å². The van der Waals surface area contributed by atoms with Crippen molar-refractivity contribution >= 4 is 16.7 Å². The maximum Gasteiger partial charge on any atom is 0.123 e. The number of fused-ring (bicyclic) bond motifs is 1. The molecule has 30 heavy (non-hydrogen) atoms. The number of anilines is 1. The molecule has 1 aliphatic rings. The van der Waals surface area contributed by atoms with Gasteiger partial charge in [0.2, 0.25) is 0 Å². The van der Waals surface area contributed by atoms with Crippen molar-refractivity contribution in [3.8, 4) is 0 Å². The zero-order chi connectivity index (χ0) is 21.1. The van der Waals surface area contributed by atoms with E-state index in [1.54, 1.807) is 12.6 Å². The lowest BCUT2D eigenvalue weighted by molar-refractivity contribution is 0.392. The Bertz CT molecular complexity index is 1010. The van der Waals surface area contributed by atoms with E-state index in [4.69, 9.17) is 0 Å². The van der Waals surface area contributed by atoms with Crippen molar-refractivity contribution in [1.82, 2.24) is 14.3 Å². The molecule has 3 aromatic rings. The molecule has 0 saturated carbocycles. The molecular weight excluding hydrogens is 399 g/mol. The Labute approximate surface area is 179 Å². The van der Waals surface area contributed by atoms with Gasteiger partial charge in [-0.1, -0.05) is 24.3 Å². The van der Waals surface area contributed by atoms with E-state index in [-0.39, 0.29) is 11.9 Å². The molecule has 0 amide bonds. The molecule has 5 nitrogen and oxygen atoms in total. The first kappa shape index (κ1) is 20.8. The number of imidazole rings is 1. The largest absolute Gasteiger partial charge is 0.361 e. The summed E-state index contributed by atoms with van der Waals surface area (Å²) >= 11 is 0. The van der Waals surface area contributed by atoms with Gasteiger partial charge in [-0.15, -0.1) is 0 Å². The van der Waals surface area contributed by atoms with E-state index in [2.05, 4.69) is 40.0 Å². The van der Waals surface area contributed by atoms with Crippen LogP contribution in [0.4, 0.5) is 10.1 Å². The lowest BCUT2D eigenvalue weighted by atomic mass is 10.0. The summed E-state index contributed by atoms with van der Waals surface area (Å²) in [5.74, 6) is -0.217. The number of hydrogen-bond acceptors (Lipinski definition) is 3. The number of nitrogens with one attached hydrogen (secondary N) is 1. The minimum Gasteiger partial charge on any atom is -0.361 e. The van der Waals surface area contributed by atoms with Crippen LogP contribution in [0.2, 0.25) is 0 Å².